The molecule has 4 rings (SSSR count). The average molecular weight is 484 g/mol. The Kier molecular flexibility index (Phi) is 6.14. The molecule has 2 aliphatic rings. The highest BCUT2D eigenvalue weighted by Gasteiger charge is 2.48. The van der Waals surface area contributed by atoms with Gasteiger partial charge in [-0.15, -0.1) is 11.3 Å². The number of aliphatic hydroxyl groups is 1. The van der Waals surface area contributed by atoms with Gasteiger partial charge in [0.15, 0.2) is 0 Å². The van der Waals surface area contributed by atoms with E-state index in [4.69, 9.17) is 16.9 Å². The molecule has 32 heavy (non-hydrogen) atoms. The molecule has 0 radical (unpaired) electrons. The standard InChI is InChI=1S/C22H21ClF3N3O2S/c23-19-4-3-18(32-19)20(31)28-7-5-21(6-8-28)13-29(11-15(21)12-30)16-2-1-14(10-27)17(9-16)22(24,25)26/h1-4,9,15,30H,5-8,11-13H2. The Hall–Kier alpha value is -2.28. The number of carbonyl (C=O) groups excluding carboxylic acids is 1. The highest BCUT2D eigenvalue weighted by atomic mass is 35.5. The molecule has 2 aliphatic heterocycles. The molecule has 2 aromatic rings. The van der Waals surface area contributed by atoms with E-state index < -0.39 is 17.3 Å². The minimum absolute atomic E-state index is 0.0749. The van der Waals surface area contributed by atoms with Crippen molar-refractivity contribution in [2.24, 2.45) is 11.3 Å². The summed E-state index contributed by atoms with van der Waals surface area (Å²) in [4.78, 5) is 16.9. The van der Waals surface area contributed by atoms with Crippen LogP contribution in [0.2, 0.25) is 4.34 Å². The van der Waals surface area contributed by atoms with Gasteiger partial charge in [-0.25, -0.2) is 0 Å². The Morgan fingerprint density at radius 1 is 1.28 bits per heavy atom. The fraction of sp³-hybridized carbons (Fsp3) is 0.455. The van der Waals surface area contributed by atoms with E-state index in [0.29, 0.717) is 53.9 Å². The maximum atomic E-state index is 13.4. The zero-order valence-electron chi connectivity index (χ0n) is 17.0. The molecule has 1 amide bonds. The van der Waals surface area contributed by atoms with Crippen LogP contribution in [-0.2, 0) is 6.18 Å². The smallest absolute Gasteiger partial charge is 0.396 e. The van der Waals surface area contributed by atoms with E-state index >= 15 is 0 Å². The highest BCUT2D eigenvalue weighted by molar-refractivity contribution is 7.17. The summed E-state index contributed by atoms with van der Waals surface area (Å²) < 4.78 is 40.7. The Labute approximate surface area is 192 Å². The molecule has 1 N–H and O–H groups in total. The van der Waals surface area contributed by atoms with Gasteiger partial charge in [-0.2, -0.15) is 18.4 Å². The van der Waals surface area contributed by atoms with Gasteiger partial charge in [0.1, 0.15) is 0 Å². The number of thiophene rings is 1. The van der Waals surface area contributed by atoms with Crippen molar-refractivity contribution in [3.8, 4) is 6.07 Å². The maximum absolute atomic E-state index is 13.4. The third-order valence-corrected chi connectivity index (χ3v) is 7.88. The number of hydrogen-bond donors (Lipinski definition) is 1. The number of benzene rings is 1. The van der Waals surface area contributed by atoms with Crippen molar-refractivity contribution < 1.29 is 23.1 Å². The first-order valence-corrected chi connectivity index (χ1v) is 11.4. The van der Waals surface area contributed by atoms with Gasteiger partial charge in [0.05, 0.1) is 26.4 Å². The molecular formula is C22H21ClF3N3O2S. The first-order valence-electron chi connectivity index (χ1n) is 10.2. The monoisotopic (exact) mass is 483 g/mol. The number of piperidine rings is 1. The van der Waals surface area contributed by atoms with Crippen molar-refractivity contribution >= 4 is 34.5 Å². The van der Waals surface area contributed by atoms with Crippen LogP contribution in [0.4, 0.5) is 18.9 Å². The van der Waals surface area contributed by atoms with Crippen molar-refractivity contribution in [1.29, 1.82) is 5.26 Å². The minimum atomic E-state index is -4.62. The predicted octanol–water partition coefficient (Wildman–Crippen LogP) is 4.64. The predicted molar refractivity (Wildman–Crippen MR) is 116 cm³/mol. The molecule has 1 atom stereocenters. The van der Waals surface area contributed by atoms with Crippen LogP contribution in [0.3, 0.4) is 0 Å². The van der Waals surface area contributed by atoms with Crippen molar-refractivity contribution in [1.82, 2.24) is 4.90 Å². The molecular weight excluding hydrogens is 463 g/mol. The van der Waals surface area contributed by atoms with Crippen LogP contribution in [0.5, 0.6) is 0 Å². The van der Waals surface area contributed by atoms with Crippen LogP contribution in [0.25, 0.3) is 0 Å². The lowest BCUT2D eigenvalue weighted by molar-refractivity contribution is -0.137. The van der Waals surface area contributed by atoms with Gasteiger partial charge in [0.25, 0.3) is 5.91 Å². The zero-order chi connectivity index (χ0) is 23.1. The van der Waals surface area contributed by atoms with Crippen LogP contribution in [0.15, 0.2) is 30.3 Å². The van der Waals surface area contributed by atoms with Gasteiger partial charge in [-0.05, 0) is 48.6 Å². The van der Waals surface area contributed by atoms with E-state index in [1.807, 2.05) is 4.90 Å². The number of aliphatic hydroxyl groups excluding tert-OH is 1. The molecule has 2 fully saturated rings. The van der Waals surface area contributed by atoms with E-state index in [1.54, 1.807) is 23.1 Å². The third kappa shape index (κ3) is 4.19. The second kappa shape index (κ2) is 8.58. The number of nitrogens with zero attached hydrogens (tertiary/aromatic N) is 3. The van der Waals surface area contributed by atoms with E-state index in [-0.39, 0.29) is 23.8 Å². The number of alkyl halides is 3. The quantitative estimate of drug-likeness (QED) is 0.690. The molecule has 1 unspecified atom stereocenters. The molecule has 0 aliphatic carbocycles. The number of anilines is 1. The van der Waals surface area contributed by atoms with Crippen LogP contribution in [0.1, 0.15) is 33.6 Å². The minimum Gasteiger partial charge on any atom is -0.396 e. The van der Waals surface area contributed by atoms with E-state index in [2.05, 4.69) is 0 Å². The van der Waals surface area contributed by atoms with Crippen molar-refractivity contribution in [3.05, 3.63) is 50.7 Å². The number of carbonyl (C=O) groups is 1. The Balaban J connectivity index is 1.52. The maximum Gasteiger partial charge on any atom is 0.417 e. The lowest BCUT2D eigenvalue weighted by Gasteiger charge is -2.42. The molecule has 0 saturated carbocycles. The summed E-state index contributed by atoms with van der Waals surface area (Å²) in [6, 6.07) is 8.74. The Bertz CT molecular complexity index is 1060. The number of rotatable bonds is 3. The second-order valence-electron chi connectivity index (χ2n) is 8.36. The molecule has 170 valence electrons. The van der Waals surface area contributed by atoms with Gasteiger partial charge in [-0.3, -0.25) is 4.79 Å². The lowest BCUT2D eigenvalue weighted by atomic mass is 9.71. The van der Waals surface area contributed by atoms with Crippen LogP contribution in [0, 0.1) is 22.7 Å². The molecule has 3 heterocycles. The summed E-state index contributed by atoms with van der Waals surface area (Å²) in [5, 5.41) is 19.1. The number of hydrogen-bond acceptors (Lipinski definition) is 5. The first kappa shape index (κ1) is 22.9. The van der Waals surface area contributed by atoms with Gasteiger partial charge in [0, 0.05) is 44.4 Å². The Morgan fingerprint density at radius 3 is 2.56 bits per heavy atom. The van der Waals surface area contributed by atoms with E-state index in [0.717, 1.165) is 6.07 Å². The number of amides is 1. The molecule has 1 aromatic carbocycles. The van der Waals surface area contributed by atoms with Crippen LogP contribution in [-0.4, -0.2) is 48.7 Å². The number of likely N-dealkylation sites (tertiary alicyclic amines) is 1. The summed E-state index contributed by atoms with van der Waals surface area (Å²) in [7, 11) is 0. The molecule has 5 nitrogen and oxygen atoms in total. The SMILES string of the molecule is N#Cc1ccc(N2CC(CO)C3(CCN(C(=O)c4ccc(Cl)s4)CC3)C2)cc1C(F)(F)F. The first-order chi connectivity index (χ1) is 15.2. The second-order valence-corrected chi connectivity index (χ2v) is 10.1. The van der Waals surface area contributed by atoms with E-state index in [1.165, 1.54) is 23.5 Å². The molecule has 2 saturated heterocycles. The van der Waals surface area contributed by atoms with Crippen LogP contribution >= 0.6 is 22.9 Å². The topological polar surface area (TPSA) is 67.6 Å². The largest absolute Gasteiger partial charge is 0.417 e. The van der Waals surface area contributed by atoms with Crippen molar-refractivity contribution in [2.75, 3.05) is 37.7 Å². The number of nitriles is 1. The molecule has 1 spiro atoms. The summed E-state index contributed by atoms with van der Waals surface area (Å²) in [5.74, 6) is -0.185. The Morgan fingerprint density at radius 2 is 2.00 bits per heavy atom. The van der Waals surface area contributed by atoms with Gasteiger partial charge in [-0.1, -0.05) is 11.6 Å². The van der Waals surface area contributed by atoms with Gasteiger partial charge in [0.2, 0.25) is 0 Å². The summed E-state index contributed by atoms with van der Waals surface area (Å²) in [5.41, 5.74) is -1.26. The summed E-state index contributed by atoms with van der Waals surface area (Å²) in [6.45, 7) is 1.87. The van der Waals surface area contributed by atoms with Crippen molar-refractivity contribution in [3.63, 3.8) is 0 Å². The van der Waals surface area contributed by atoms with Gasteiger partial charge < -0.3 is 14.9 Å². The van der Waals surface area contributed by atoms with E-state index in [9.17, 15) is 23.1 Å². The number of halogens is 4. The fourth-order valence-electron chi connectivity index (χ4n) is 4.85. The van der Waals surface area contributed by atoms with Crippen LogP contribution < -0.4 is 4.90 Å². The molecule has 10 heteroatoms. The van der Waals surface area contributed by atoms with Crippen molar-refractivity contribution in [2.45, 2.75) is 19.0 Å². The average Bonchev–Trinajstić information content (AvgIpc) is 3.36. The normalized spacial score (nSPS) is 20.6. The molecule has 1 aromatic heterocycles. The fourth-order valence-corrected chi connectivity index (χ4v) is 5.86. The molecule has 0 bridgehead atoms. The zero-order valence-corrected chi connectivity index (χ0v) is 18.6. The summed E-state index contributed by atoms with van der Waals surface area (Å²) >= 11 is 7.17. The highest BCUT2D eigenvalue weighted by Crippen LogP contribution is 2.47. The third-order valence-electron chi connectivity index (χ3n) is 6.66. The lowest BCUT2D eigenvalue weighted by Crippen LogP contribution is -2.47. The van der Waals surface area contributed by atoms with Gasteiger partial charge >= 0.3 is 6.18 Å². The summed E-state index contributed by atoms with van der Waals surface area (Å²) in [6.07, 6.45) is -3.31.